The molecule has 0 saturated carbocycles. The molecule has 0 atom stereocenters. The van der Waals surface area contributed by atoms with Crippen LogP contribution in [0.1, 0.15) is 0 Å². The van der Waals surface area contributed by atoms with Crippen molar-refractivity contribution in [2.45, 2.75) is 0 Å². The second-order valence-corrected chi connectivity index (χ2v) is 5.65. The van der Waals surface area contributed by atoms with Gasteiger partial charge in [-0.25, -0.2) is 0 Å². The van der Waals surface area contributed by atoms with E-state index in [1.165, 1.54) is 0 Å². The maximum absolute atomic E-state index is 5.94. The van der Waals surface area contributed by atoms with Crippen LogP contribution >= 0.6 is 15.9 Å². The molecular formula is C18H11BrO2. The minimum absolute atomic E-state index is 0.738. The van der Waals surface area contributed by atoms with Crippen LogP contribution in [-0.2, 0) is 0 Å². The lowest BCUT2D eigenvalue weighted by Crippen LogP contribution is -1.98. The number of halogens is 1. The smallest absolute Gasteiger partial charge is 0.170 e. The predicted octanol–water partition coefficient (Wildman–Crippen LogP) is 6.01. The minimum Gasteiger partial charge on any atom is -0.450 e. The summed E-state index contributed by atoms with van der Waals surface area (Å²) in [5.41, 5.74) is 2.21. The summed E-state index contributed by atoms with van der Waals surface area (Å²) in [5, 5.41) is 0. The molecule has 0 amide bonds. The van der Waals surface area contributed by atoms with Gasteiger partial charge in [-0.05, 0) is 41.5 Å². The van der Waals surface area contributed by atoms with Crippen LogP contribution in [0.2, 0.25) is 0 Å². The fraction of sp³-hybridized carbons (Fsp3) is 0. The van der Waals surface area contributed by atoms with Gasteiger partial charge in [-0.2, -0.15) is 0 Å². The number of fused-ring (bicyclic) bond motifs is 2. The molecule has 21 heavy (non-hydrogen) atoms. The lowest BCUT2D eigenvalue weighted by molar-refractivity contribution is 0.360. The molecule has 3 aromatic rings. The minimum atomic E-state index is 0.738. The van der Waals surface area contributed by atoms with Crippen LogP contribution in [0.5, 0.6) is 23.0 Å². The molecule has 0 aromatic heterocycles. The zero-order chi connectivity index (χ0) is 14.2. The Kier molecular flexibility index (Phi) is 2.93. The number of ether oxygens (including phenoxy) is 2. The Morgan fingerprint density at radius 2 is 1.24 bits per heavy atom. The topological polar surface area (TPSA) is 18.5 Å². The highest BCUT2D eigenvalue weighted by Crippen LogP contribution is 2.46. The summed E-state index contributed by atoms with van der Waals surface area (Å²) >= 11 is 3.58. The van der Waals surface area contributed by atoms with Crippen molar-refractivity contribution in [2.75, 3.05) is 0 Å². The van der Waals surface area contributed by atoms with Gasteiger partial charge in [-0.1, -0.05) is 52.3 Å². The molecule has 1 aliphatic heterocycles. The summed E-state index contributed by atoms with van der Waals surface area (Å²) in [6.45, 7) is 0. The lowest BCUT2D eigenvalue weighted by Gasteiger charge is -2.21. The van der Waals surface area contributed by atoms with E-state index in [1.807, 2.05) is 60.7 Å². The third kappa shape index (κ3) is 2.20. The monoisotopic (exact) mass is 338 g/mol. The van der Waals surface area contributed by atoms with E-state index in [9.17, 15) is 0 Å². The molecule has 0 radical (unpaired) electrons. The molecule has 3 aromatic carbocycles. The lowest BCUT2D eigenvalue weighted by atomic mass is 10.1. The average Bonchev–Trinajstić information content (AvgIpc) is 2.53. The Morgan fingerprint density at radius 3 is 2.00 bits per heavy atom. The molecule has 0 spiro atoms. The standard InChI is InChI=1S/C18H11BrO2/c19-14-6-2-1-5-13(14)12-9-10-17-18(11-12)21-16-8-4-3-7-15(16)20-17/h1-11H. The highest BCUT2D eigenvalue weighted by atomic mass is 79.9. The fourth-order valence-electron chi connectivity index (χ4n) is 2.39. The van der Waals surface area contributed by atoms with E-state index in [0.717, 1.165) is 38.6 Å². The molecule has 0 saturated heterocycles. The van der Waals surface area contributed by atoms with Gasteiger partial charge < -0.3 is 9.47 Å². The molecule has 0 aliphatic carbocycles. The number of hydrogen-bond donors (Lipinski definition) is 0. The van der Waals surface area contributed by atoms with Gasteiger partial charge in [0, 0.05) is 4.47 Å². The summed E-state index contributed by atoms with van der Waals surface area (Å²) in [5.74, 6) is 2.97. The van der Waals surface area contributed by atoms with E-state index in [-0.39, 0.29) is 0 Å². The highest BCUT2D eigenvalue weighted by molar-refractivity contribution is 9.10. The van der Waals surface area contributed by atoms with E-state index >= 15 is 0 Å². The van der Waals surface area contributed by atoms with Crippen molar-refractivity contribution in [3.8, 4) is 34.1 Å². The van der Waals surface area contributed by atoms with Gasteiger partial charge in [-0.15, -0.1) is 0 Å². The van der Waals surface area contributed by atoms with Gasteiger partial charge in [0.05, 0.1) is 0 Å². The molecule has 0 unspecified atom stereocenters. The van der Waals surface area contributed by atoms with Crippen LogP contribution in [-0.4, -0.2) is 0 Å². The van der Waals surface area contributed by atoms with Crippen LogP contribution in [0.3, 0.4) is 0 Å². The predicted molar refractivity (Wildman–Crippen MR) is 86.2 cm³/mol. The third-order valence-corrected chi connectivity index (χ3v) is 4.11. The van der Waals surface area contributed by atoms with Gasteiger partial charge in [0.25, 0.3) is 0 Å². The maximum atomic E-state index is 5.94. The Labute approximate surface area is 131 Å². The average molecular weight is 339 g/mol. The second kappa shape index (κ2) is 4.93. The SMILES string of the molecule is Brc1ccccc1-c1ccc2c(c1)Oc1ccccc1O2. The summed E-state index contributed by atoms with van der Waals surface area (Å²) in [4.78, 5) is 0. The van der Waals surface area contributed by atoms with Crippen molar-refractivity contribution in [3.63, 3.8) is 0 Å². The van der Waals surface area contributed by atoms with Crippen molar-refractivity contribution < 1.29 is 9.47 Å². The molecular weight excluding hydrogens is 328 g/mol. The van der Waals surface area contributed by atoms with Crippen LogP contribution in [0.15, 0.2) is 71.2 Å². The molecule has 0 fully saturated rings. The molecule has 0 N–H and O–H groups in total. The first-order valence-corrected chi connectivity index (χ1v) is 7.44. The van der Waals surface area contributed by atoms with Gasteiger partial charge >= 0.3 is 0 Å². The maximum Gasteiger partial charge on any atom is 0.170 e. The fourth-order valence-corrected chi connectivity index (χ4v) is 2.90. The molecule has 1 heterocycles. The Hall–Kier alpha value is -2.26. The van der Waals surface area contributed by atoms with Gasteiger partial charge in [-0.3, -0.25) is 0 Å². The number of para-hydroxylation sites is 2. The third-order valence-electron chi connectivity index (χ3n) is 3.42. The van der Waals surface area contributed by atoms with Crippen LogP contribution in [0.25, 0.3) is 11.1 Å². The summed E-state index contributed by atoms with van der Waals surface area (Å²) < 4.78 is 12.9. The molecule has 2 nitrogen and oxygen atoms in total. The largest absolute Gasteiger partial charge is 0.450 e. The van der Waals surface area contributed by atoms with E-state index < -0.39 is 0 Å². The number of hydrogen-bond acceptors (Lipinski definition) is 2. The van der Waals surface area contributed by atoms with Gasteiger partial charge in [0.1, 0.15) is 0 Å². The van der Waals surface area contributed by atoms with Crippen molar-refractivity contribution in [3.05, 3.63) is 71.2 Å². The second-order valence-electron chi connectivity index (χ2n) is 4.79. The van der Waals surface area contributed by atoms with Crippen LogP contribution < -0.4 is 9.47 Å². The first kappa shape index (κ1) is 12.5. The summed E-state index contributed by atoms with van der Waals surface area (Å²) in [7, 11) is 0. The zero-order valence-electron chi connectivity index (χ0n) is 11.0. The summed E-state index contributed by atoms with van der Waals surface area (Å²) in [6.07, 6.45) is 0. The highest BCUT2D eigenvalue weighted by Gasteiger charge is 2.18. The van der Waals surface area contributed by atoms with Gasteiger partial charge in [0.2, 0.25) is 0 Å². The van der Waals surface area contributed by atoms with E-state index in [2.05, 4.69) is 22.0 Å². The Bertz CT molecular complexity index is 827. The van der Waals surface area contributed by atoms with Gasteiger partial charge in [0.15, 0.2) is 23.0 Å². The number of rotatable bonds is 1. The molecule has 1 aliphatic rings. The molecule has 4 rings (SSSR count). The quantitative estimate of drug-likeness (QED) is 0.422. The van der Waals surface area contributed by atoms with E-state index in [0.29, 0.717) is 0 Å². The zero-order valence-corrected chi connectivity index (χ0v) is 12.6. The first-order chi connectivity index (χ1) is 10.3. The normalized spacial score (nSPS) is 11.9. The van der Waals surface area contributed by atoms with Crippen molar-refractivity contribution >= 4 is 15.9 Å². The molecule has 102 valence electrons. The summed E-state index contributed by atoms with van der Waals surface area (Å²) in [6, 6.07) is 21.8. The van der Waals surface area contributed by atoms with E-state index in [1.54, 1.807) is 0 Å². The van der Waals surface area contributed by atoms with E-state index in [4.69, 9.17) is 9.47 Å². The number of benzene rings is 3. The first-order valence-electron chi connectivity index (χ1n) is 6.65. The Balaban J connectivity index is 1.79. The van der Waals surface area contributed by atoms with Crippen molar-refractivity contribution in [2.24, 2.45) is 0 Å². The Morgan fingerprint density at radius 1 is 0.619 bits per heavy atom. The van der Waals surface area contributed by atoms with Crippen LogP contribution in [0, 0.1) is 0 Å². The van der Waals surface area contributed by atoms with Crippen LogP contribution in [0.4, 0.5) is 0 Å². The molecule has 3 heteroatoms. The van der Waals surface area contributed by atoms with Crippen molar-refractivity contribution in [1.82, 2.24) is 0 Å². The molecule has 0 bridgehead atoms. The van der Waals surface area contributed by atoms with Crippen molar-refractivity contribution in [1.29, 1.82) is 0 Å².